The number of aromatic hydroxyl groups is 1. The molecule has 24 heavy (non-hydrogen) atoms. The molecule has 0 aliphatic rings. The van der Waals surface area contributed by atoms with Crippen molar-refractivity contribution in [2.24, 2.45) is 4.99 Å². The summed E-state index contributed by atoms with van der Waals surface area (Å²) in [5, 5.41) is 10.4. The number of rotatable bonds is 5. The third-order valence-electron chi connectivity index (χ3n) is 4.13. The van der Waals surface area contributed by atoms with Crippen LogP contribution in [0.5, 0.6) is 5.88 Å². The summed E-state index contributed by atoms with van der Waals surface area (Å²) < 4.78 is 3.34. The van der Waals surface area contributed by atoms with Crippen molar-refractivity contribution in [1.29, 1.82) is 0 Å². The zero-order chi connectivity index (χ0) is 17.9. The molecule has 1 atom stereocenters. The van der Waals surface area contributed by atoms with Gasteiger partial charge in [0.2, 0.25) is 5.88 Å². The quantitative estimate of drug-likeness (QED) is 0.665. The summed E-state index contributed by atoms with van der Waals surface area (Å²) in [6, 6.07) is 7.87. The molecule has 2 rings (SSSR count). The summed E-state index contributed by atoms with van der Waals surface area (Å²) in [4.78, 5) is 17.0. The maximum absolute atomic E-state index is 12.6. The maximum Gasteiger partial charge on any atom is 0.267 e. The van der Waals surface area contributed by atoms with Gasteiger partial charge < -0.3 is 5.11 Å². The molecule has 1 aromatic heterocycles. The van der Waals surface area contributed by atoms with Gasteiger partial charge in [0.1, 0.15) is 5.56 Å². The van der Waals surface area contributed by atoms with Crippen LogP contribution in [0.15, 0.2) is 34.1 Å². The van der Waals surface area contributed by atoms with Crippen molar-refractivity contribution in [3.8, 4) is 5.88 Å². The van der Waals surface area contributed by atoms with E-state index in [0.717, 1.165) is 11.1 Å². The van der Waals surface area contributed by atoms with Crippen LogP contribution in [0.3, 0.4) is 0 Å². The Morgan fingerprint density at radius 1 is 1.25 bits per heavy atom. The van der Waals surface area contributed by atoms with Crippen molar-refractivity contribution < 1.29 is 5.11 Å². The number of nitrogens with zero attached hydrogens (tertiary/aromatic N) is 3. The van der Waals surface area contributed by atoms with E-state index in [9.17, 15) is 9.90 Å². The second-order valence-electron chi connectivity index (χ2n) is 5.62. The van der Waals surface area contributed by atoms with Crippen LogP contribution >= 0.6 is 12.2 Å². The maximum atomic E-state index is 12.6. The van der Waals surface area contributed by atoms with E-state index >= 15 is 0 Å². The fourth-order valence-electron chi connectivity index (χ4n) is 2.71. The van der Waals surface area contributed by atoms with Gasteiger partial charge in [-0.25, -0.2) is 0 Å². The van der Waals surface area contributed by atoms with Crippen LogP contribution in [-0.2, 0) is 13.1 Å². The number of hydrogen-bond acceptors (Lipinski definition) is 4. The van der Waals surface area contributed by atoms with Crippen LogP contribution in [0.1, 0.15) is 43.5 Å². The first-order valence-electron chi connectivity index (χ1n) is 8.07. The SMILES string of the molecule is CCn1c(O)c(C=N[C@H](C)c2ccccc2C)c(=O)n(CC)c1=S. The van der Waals surface area contributed by atoms with Crippen LogP contribution in [0, 0.1) is 11.7 Å². The van der Waals surface area contributed by atoms with Crippen molar-refractivity contribution in [1.82, 2.24) is 9.13 Å². The Morgan fingerprint density at radius 2 is 1.88 bits per heavy atom. The normalized spacial score (nSPS) is 12.7. The molecular formula is C18H23N3O2S. The number of benzene rings is 1. The highest BCUT2D eigenvalue weighted by molar-refractivity contribution is 7.71. The minimum Gasteiger partial charge on any atom is -0.494 e. The largest absolute Gasteiger partial charge is 0.494 e. The molecule has 1 aromatic carbocycles. The summed E-state index contributed by atoms with van der Waals surface area (Å²) >= 11 is 5.28. The summed E-state index contributed by atoms with van der Waals surface area (Å²) in [6.07, 6.45) is 1.46. The van der Waals surface area contributed by atoms with Gasteiger partial charge in [-0.15, -0.1) is 0 Å². The zero-order valence-electron chi connectivity index (χ0n) is 14.5. The summed E-state index contributed by atoms with van der Waals surface area (Å²) in [5.41, 5.74) is 2.09. The zero-order valence-corrected chi connectivity index (χ0v) is 15.3. The Bertz CT molecular complexity index is 881. The molecule has 0 aliphatic carbocycles. The third-order valence-corrected chi connectivity index (χ3v) is 4.57. The second kappa shape index (κ2) is 7.57. The third kappa shape index (κ3) is 3.33. The Labute approximate surface area is 146 Å². The fraction of sp³-hybridized carbons (Fsp3) is 0.389. The van der Waals surface area contributed by atoms with Gasteiger partial charge in [-0.2, -0.15) is 0 Å². The Balaban J connectivity index is 2.52. The molecular weight excluding hydrogens is 322 g/mol. The topological polar surface area (TPSA) is 59.5 Å². The van der Waals surface area contributed by atoms with E-state index in [1.54, 1.807) is 4.57 Å². The van der Waals surface area contributed by atoms with Crippen LogP contribution in [0.2, 0.25) is 0 Å². The number of hydrogen-bond donors (Lipinski definition) is 1. The highest BCUT2D eigenvalue weighted by Gasteiger charge is 2.14. The summed E-state index contributed by atoms with van der Waals surface area (Å²) in [5.74, 6) is -0.127. The molecule has 6 heteroatoms. The van der Waals surface area contributed by atoms with E-state index in [1.165, 1.54) is 10.8 Å². The fourth-order valence-corrected chi connectivity index (χ4v) is 3.14. The minimum atomic E-state index is -0.314. The first-order chi connectivity index (χ1) is 11.4. The standard InChI is InChI=1S/C18H23N3O2S/c1-5-20-16(22)15(17(23)21(6-2)18(20)24)11-19-13(4)14-10-8-7-9-12(14)3/h7-11,13,22H,5-6H2,1-4H3/t13-/m1/s1. The van der Waals surface area contributed by atoms with E-state index in [-0.39, 0.29) is 23.0 Å². The molecule has 0 radical (unpaired) electrons. The van der Waals surface area contributed by atoms with Gasteiger partial charge in [0, 0.05) is 19.3 Å². The highest BCUT2D eigenvalue weighted by Crippen LogP contribution is 2.21. The van der Waals surface area contributed by atoms with E-state index in [4.69, 9.17) is 12.2 Å². The summed E-state index contributed by atoms with van der Waals surface area (Å²) in [7, 11) is 0. The van der Waals surface area contributed by atoms with Crippen molar-refractivity contribution in [3.63, 3.8) is 0 Å². The van der Waals surface area contributed by atoms with Gasteiger partial charge in [0.05, 0.1) is 6.04 Å². The molecule has 0 saturated carbocycles. The van der Waals surface area contributed by atoms with Crippen molar-refractivity contribution in [2.75, 3.05) is 0 Å². The lowest BCUT2D eigenvalue weighted by atomic mass is 10.0. The van der Waals surface area contributed by atoms with Crippen LogP contribution in [-0.4, -0.2) is 20.5 Å². The molecule has 0 spiro atoms. The number of aromatic nitrogens is 2. The Morgan fingerprint density at radius 3 is 2.46 bits per heavy atom. The molecule has 5 nitrogen and oxygen atoms in total. The van der Waals surface area contributed by atoms with Gasteiger partial charge in [0.25, 0.3) is 5.56 Å². The monoisotopic (exact) mass is 345 g/mol. The van der Waals surface area contributed by atoms with E-state index in [1.807, 2.05) is 52.0 Å². The van der Waals surface area contributed by atoms with Crippen molar-refractivity contribution in [3.05, 3.63) is 56.1 Å². The molecule has 0 aliphatic heterocycles. The summed E-state index contributed by atoms with van der Waals surface area (Å²) in [6.45, 7) is 8.65. The molecule has 0 saturated heterocycles. The lowest BCUT2D eigenvalue weighted by molar-refractivity contribution is 0.399. The van der Waals surface area contributed by atoms with E-state index in [2.05, 4.69) is 4.99 Å². The predicted octanol–water partition coefficient (Wildman–Crippen LogP) is 3.61. The molecule has 0 fully saturated rings. The smallest absolute Gasteiger partial charge is 0.267 e. The lowest BCUT2D eigenvalue weighted by Gasteiger charge is -2.14. The first-order valence-corrected chi connectivity index (χ1v) is 8.48. The molecule has 0 unspecified atom stereocenters. The molecule has 1 N–H and O–H groups in total. The molecule has 2 aromatic rings. The Kier molecular flexibility index (Phi) is 5.72. The number of aliphatic imine (C=N–C) groups is 1. The van der Waals surface area contributed by atoms with Gasteiger partial charge in [0.15, 0.2) is 4.77 Å². The lowest BCUT2D eigenvalue weighted by Crippen LogP contribution is -2.28. The Hall–Kier alpha value is -2.21. The molecule has 0 bridgehead atoms. The van der Waals surface area contributed by atoms with Gasteiger partial charge >= 0.3 is 0 Å². The van der Waals surface area contributed by atoms with Crippen LogP contribution in [0.25, 0.3) is 0 Å². The van der Waals surface area contributed by atoms with Crippen LogP contribution < -0.4 is 5.56 Å². The van der Waals surface area contributed by atoms with E-state index in [0.29, 0.717) is 17.9 Å². The van der Waals surface area contributed by atoms with Crippen LogP contribution in [0.4, 0.5) is 0 Å². The average Bonchev–Trinajstić information content (AvgIpc) is 2.55. The predicted molar refractivity (Wildman–Crippen MR) is 99.7 cm³/mol. The van der Waals surface area contributed by atoms with E-state index < -0.39 is 0 Å². The average molecular weight is 345 g/mol. The van der Waals surface area contributed by atoms with Crippen molar-refractivity contribution >= 4 is 18.4 Å². The van der Waals surface area contributed by atoms with Crippen molar-refractivity contribution in [2.45, 2.75) is 46.8 Å². The minimum absolute atomic E-state index is 0.113. The highest BCUT2D eigenvalue weighted by atomic mass is 32.1. The molecule has 1 heterocycles. The second-order valence-corrected chi connectivity index (χ2v) is 5.99. The van der Waals surface area contributed by atoms with Gasteiger partial charge in [-0.05, 0) is 51.0 Å². The first kappa shape index (κ1) is 18.1. The van der Waals surface area contributed by atoms with Gasteiger partial charge in [-0.3, -0.25) is 18.9 Å². The molecule has 128 valence electrons. The number of aryl methyl sites for hydroxylation is 1. The molecule has 0 amide bonds. The van der Waals surface area contributed by atoms with Gasteiger partial charge in [-0.1, -0.05) is 24.3 Å².